The Balaban J connectivity index is 0.836. The second-order valence-electron chi connectivity index (χ2n) is 19.7. The number of aromatic nitrogens is 4. The second kappa shape index (κ2) is 16.8. The third-order valence-corrected chi connectivity index (χ3v) is 16.1. The topological polar surface area (TPSA) is 175 Å². The Morgan fingerprint density at radius 2 is 1.64 bits per heavy atom. The summed E-state index contributed by atoms with van der Waals surface area (Å²) in [6.45, 7) is 5.99. The van der Waals surface area contributed by atoms with Crippen molar-refractivity contribution in [2.24, 2.45) is 0 Å². The standard InChI is InChI=1S/C51H52F2N10O7/c1-29(64)58-16-8-40-39(28-58)46(56-63(40)31-9-21-70-22-10-31)60-15-2-3-30-23-34(36(45(52)53)25-42(30)60)35-26-43-54-14-20-59(43)27-38(35)48(67)61-19-13-51(61)11-17-57(18-12-51)32-4-5-33-37(24-32)50(69)62(49(33)68)41-6-7-44(65)55-47(41)66/h4-5,14,20,23-27,31,41,45H,2-3,6-13,15-19,21-22,28H2,1H3,(H,55,65,66). The first-order chi connectivity index (χ1) is 33.9. The van der Waals surface area contributed by atoms with Crippen molar-refractivity contribution in [1.29, 1.82) is 0 Å². The summed E-state index contributed by atoms with van der Waals surface area (Å²) in [5, 5.41) is 7.47. The summed E-state index contributed by atoms with van der Waals surface area (Å²) >= 11 is 0. The minimum absolute atomic E-state index is 0.0235. The Morgan fingerprint density at radius 1 is 0.857 bits per heavy atom. The number of rotatable bonds is 7. The van der Waals surface area contributed by atoms with Crippen LogP contribution in [0.4, 0.5) is 26.0 Å². The molecule has 70 heavy (non-hydrogen) atoms. The van der Waals surface area contributed by atoms with Crippen LogP contribution in [0, 0.1) is 0 Å². The molecule has 2 aromatic carbocycles. The summed E-state index contributed by atoms with van der Waals surface area (Å²) in [6.07, 6.45) is 7.96. The molecule has 6 amide bonds. The number of carbonyl (C=O) groups excluding carboxylic acids is 6. The number of aryl methyl sites for hydroxylation is 1. The van der Waals surface area contributed by atoms with Crippen LogP contribution in [0.1, 0.15) is 124 Å². The Bertz CT molecular complexity index is 3060. The van der Waals surface area contributed by atoms with Crippen molar-refractivity contribution in [2.75, 3.05) is 55.7 Å². The smallest absolute Gasteiger partial charge is 0.264 e. The molecule has 10 heterocycles. The Labute approximate surface area is 401 Å². The highest BCUT2D eigenvalue weighted by molar-refractivity contribution is 6.23. The van der Waals surface area contributed by atoms with Crippen LogP contribution in [-0.2, 0) is 38.5 Å². The number of likely N-dealkylation sites (tertiary alicyclic amines) is 1. The van der Waals surface area contributed by atoms with E-state index in [1.807, 2.05) is 15.9 Å². The molecule has 19 heteroatoms. The molecule has 7 aliphatic rings. The summed E-state index contributed by atoms with van der Waals surface area (Å²) in [5.74, 6) is -1.82. The fraction of sp³-hybridized carbons (Fsp3) is 0.451. The predicted molar refractivity (Wildman–Crippen MR) is 250 cm³/mol. The van der Waals surface area contributed by atoms with E-state index in [1.165, 1.54) is 0 Å². The van der Waals surface area contributed by atoms with Gasteiger partial charge in [-0.15, -0.1) is 0 Å². The van der Waals surface area contributed by atoms with Crippen LogP contribution < -0.4 is 15.1 Å². The fourth-order valence-electron chi connectivity index (χ4n) is 12.1. The lowest BCUT2D eigenvalue weighted by molar-refractivity contribution is -0.136. The van der Waals surface area contributed by atoms with Crippen LogP contribution in [-0.4, -0.2) is 127 Å². The minimum Gasteiger partial charge on any atom is -0.381 e. The molecule has 1 unspecified atom stereocenters. The predicted octanol–water partition coefficient (Wildman–Crippen LogP) is 5.76. The van der Waals surface area contributed by atoms with Crippen molar-refractivity contribution in [3.05, 3.63) is 94.1 Å². The van der Waals surface area contributed by atoms with Gasteiger partial charge in [-0.05, 0) is 98.9 Å². The molecule has 5 aromatic rings. The van der Waals surface area contributed by atoms with E-state index in [4.69, 9.17) is 9.84 Å². The zero-order valence-corrected chi connectivity index (χ0v) is 38.8. The van der Waals surface area contributed by atoms with Crippen LogP contribution >= 0.6 is 0 Å². The van der Waals surface area contributed by atoms with Gasteiger partial charge in [0.1, 0.15) is 11.7 Å². The largest absolute Gasteiger partial charge is 0.381 e. The number of imide groups is 2. The van der Waals surface area contributed by atoms with E-state index >= 15 is 13.6 Å². The fourth-order valence-corrected chi connectivity index (χ4v) is 12.1. The number of ether oxygens (including phenoxy) is 1. The number of nitrogens with zero attached hydrogens (tertiary/aromatic N) is 9. The first-order valence-corrected chi connectivity index (χ1v) is 24.4. The first kappa shape index (κ1) is 44.2. The molecule has 12 rings (SSSR count). The molecule has 4 fully saturated rings. The molecule has 0 radical (unpaired) electrons. The van der Waals surface area contributed by atoms with E-state index in [9.17, 15) is 24.0 Å². The van der Waals surface area contributed by atoms with Gasteiger partial charge in [-0.2, -0.15) is 5.10 Å². The second-order valence-corrected chi connectivity index (χ2v) is 19.7. The van der Waals surface area contributed by atoms with Crippen LogP contribution in [0.3, 0.4) is 0 Å². The number of alkyl halides is 2. The van der Waals surface area contributed by atoms with Gasteiger partial charge in [-0.25, -0.2) is 13.8 Å². The molecule has 0 saturated carbocycles. The molecule has 3 aromatic heterocycles. The van der Waals surface area contributed by atoms with Crippen LogP contribution in [0.2, 0.25) is 0 Å². The number of pyridine rings is 1. The van der Waals surface area contributed by atoms with Gasteiger partial charge in [0.05, 0.1) is 29.3 Å². The number of amides is 6. The zero-order chi connectivity index (χ0) is 48.2. The molecule has 0 bridgehead atoms. The zero-order valence-electron chi connectivity index (χ0n) is 38.8. The van der Waals surface area contributed by atoms with E-state index in [0.717, 1.165) is 53.1 Å². The lowest BCUT2D eigenvalue weighted by atomic mass is 9.75. The van der Waals surface area contributed by atoms with Gasteiger partial charge >= 0.3 is 0 Å². The average molecular weight is 955 g/mol. The van der Waals surface area contributed by atoms with Crippen molar-refractivity contribution in [1.82, 2.24) is 39.2 Å². The van der Waals surface area contributed by atoms with Crippen LogP contribution in [0.25, 0.3) is 16.8 Å². The third kappa shape index (κ3) is 7.08. The number of piperidine rings is 2. The highest BCUT2D eigenvalue weighted by Gasteiger charge is 2.50. The number of benzene rings is 2. The number of carbonyl (C=O) groups is 6. The molecule has 1 atom stereocenters. The highest BCUT2D eigenvalue weighted by atomic mass is 19.3. The van der Waals surface area contributed by atoms with E-state index < -0.39 is 41.6 Å². The molecular weight excluding hydrogens is 903 g/mol. The summed E-state index contributed by atoms with van der Waals surface area (Å²) in [4.78, 5) is 92.5. The summed E-state index contributed by atoms with van der Waals surface area (Å²) in [6, 6.07) is 9.32. The van der Waals surface area contributed by atoms with Crippen molar-refractivity contribution in [3.63, 3.8) is 0 Å². The lowest BCUT2D eigenvalue weighted by Crippen LogP contribution is -2.65. The number of nitrogens with one attached hydrogen (secondary N) is 1. The number of hydrogen-bond donors (Lipinski definition) is 1. The molecule has 7 aliphatic heterocycles. The average Bonchev–Trinajstić information content (AvgIpc) is 4.06. The molecule has 1 N–H and O–H groups in total. The van der Waals surface area contributed by atoms with Crippen LogP contribution in [0.5, 0.6) is 0 Å². The van der Waals surface area contributed by atoms with Gasteiger partial charge in [0.15, 0.2) is 5.82 Å². The number of fused-ring (bicyclic) bond motifs is 4. The molecular formula is C51H52F2N10O7. The number of halogens is 2. The third-order valence-electron chi connectivity index (χ3n) is 16.1. The Kier molecular flexibility index (Phi) is 10.6. The number of anilines is 3. The van der Waals surface area contributed by atoms with Gasteiger partial charge in [0.25, 0.3) is 24.1 Å². The van der Waals surface area contributed by atoms with Gasteiger partial charge in [0.2, 0.25) is 17.7 Å². The Morgan fingerprint density at radius 3 is 2.39 bits per heavy atom. The Hall–Kier alpha value is -7.02. The normalized spacial score (nSPS) is 21.4. The van der Waals surface area contributed by atoms with Crippen molar-refractivity contribution in [2.45, 2.75) is 102 Å². The highest BCUT2D eigenvalue weighted by Crippen LogP contribution is 2.47. The molecule has 1 spiro atoms. The molecule has 362 valence electrons. The maximum atomic E-state index is 15.7. The maximum Gasteiger partial charge on any atom is 0.264 e. The van der Waals surface area contributed by atoms with Gasteiger partial charge in [-0.1, -0.05) is 0 Å². The maximum absolute atomic E-state index is 15.7. The quantitative estimate of drug-likeness (QED) is 0.197. The minimum atomic E-state index is -2.88. The summed E-state index contributed by atoms with van der Waals surface area (Å²) in [7, 11) is 0. The van der Waals surface area contributed by atoms with E-state index in [-0.39, 0.29) is 53.0 Å². The van der Waals surface area contributed by atoms with Crippen molar-refractivity contribution in [3.8, 4) is 11.1 Å². The summed E-state index contributed by atoms with van der Waals surface area (Å²) in [5.41, 5.74) is 5.53. The molecule has 17 nitrogen and oxygen atoms in total. The first-order valence-electron chi connectivity index (χ1n) is 24.4. The van der Waals surface area contributed by atoms with Crippen molar-refractivity contribution >= 4 is 58.3 Å². The van der Waals surface area contributed by atoms with E-state index in [2.05, 4.69) is 24.8 Å². The van der Waals surface area contributed by atoms with E-state index in [1.54, 1.807) is 60.2 Å². The SMILES string of the molecule is CC(=O)N1CCc2c(c(N3CCCc4cc(-c5cc6nccn6cc5C(=O)N5CCC56CCN(c5ccc7c(c5)C(=O)N(C5CCC(=O)NC5=O)C7=O)CC6)c(C(F)F)cc43)nn2C2CCOCC2)C1. The van der Waals surface area contributed by atoms with Gasteiger partial charge in [0, 0.05) is 124 Å². The van der Waals surface area contributed by atoms with Crippen LogP contribution in [0.15, 0.2) is 55.0 Å². The van der Waals surface area contributed by atoms with Crippen molar-refractivity contribution < 1.29 is 42.3 Å². The number of hydrogen-bond acceptors (Lipinski definition) is 11. The molecule has 0 aliphatic carbocycles. The van der Waals surface area contributed by atoms with Gasteiger partial charge < -0.3 is 28.7 Å². The van der Waals surface area contributed by atoms with E-state index in [0.29, 0.717) is 106 Å². The molecule has 4 saturated heterocycles. The lowest BCUT2D eigenvalue weighted by Gasteiger charge is -2.56. The number of imidazole rings is 1. The summed E-state index contributed by atoms with van der Waals surface area (Å²) < 4.78 is 41.0. The van der Waals surface area contributed by atoms with Gasteiger partial charge in [-0.3, -0.25) is 43.7 Å². The monoisotopic (exact) mass is 954 g/mol.